The molecule has 1 aromatic rings. The minimum atomic E-state index is -0.540. The lowest BCUT2D eigenvalue weighted by Gasteiger charge is -2.34. The van der Waals surface area contributed by atoms with Crippen LogP contribution in [0.5, 0.6) is 11.5 Å². The Morgan fingerprint density at radius 3 is 1.93 bits per heavy atom. The smallest absolute Gasteiger partial charge is 0.269 e. The van der Waals surface area contributed by atoms with Gasteiger partial charge in [-0.25, -0.2) is 0 Å². The summed E-state index contributed by atoms with van der Waals surface area (Å²) in [4.78, 5) is 51.0. The number of amides is 4. The van der Waals surface area contributed by atoms with Gasteiger partial charge in [-0.1, -0.05) is 0 Å². The van der Waals surface area contributed by atoms with Crippen molar-refractivity contribution in [3.63, 3.8) is 0 Å². The Morgan fingerprint density at radius 1 is 0.862 bits per heavy atom. The van der Waals surface area contributed by atoms with Gasteiger partial charge in [0, 0.05) is 57.6 Å². The van der Waals surface area contributed by atoms with Crippen molar-refractivity contribution in [2.75, 3.05) is 40.4 Å². The third-order valence-corrected chi connectivity index (χ3v) is 4.57. The first-order chi connectivity index (χ1) is 13.8. The zero-order valence-corrected chi connectivity index (χ0v) is 16.8. The number of nitrogens with one attached hydrogen (secondary N) is 2. The third kappa shape index (κ3) is 6.37. The fourth-order valence-corrected chi connectivity index (χ4v) is 2.85. The molecule has 10 heteroatoms. The monoisotopic (exact) mass is 406 g/mol. The van der Waals surface area contributed by atoms with E-state index in [0.29, 0.717) is 37.7 Å². The lowest BCUT2D eigenvalue weighted by Crippen LogP contribution is -2.50. The molecular weight excluding hydrogens is 380 g/mol. The number of nitrogens with zero attached hydrogens (tertiary/aromatic N) is 2. The molecule has 0 spiro atoms. The Hall–Kier alpha value is -3.30. The normalized spacial score (nSPS) is 13.5. The van der Waals surface area contributed by atoms with E-state index in [0.717, 1.165) is 0 Å². The largest absolute Gasteiger partial charge is 0.497 e. The Balaban J connectivity index is 1.76. The highest BCUT2D eigenvalue weighted by molar-refractivity contribution is 5.96. The summed E-state index contributed by atoms with van der Waals surface area (Å²) < 4.78 is 10.2. The average molecular weight is 406 g/mol. The van der Waals surface area contributed by atoms with Gasteiger partial charge in [-0.05, 0) is 12.1 Å². The van der Waals surface area contributed by atoms with E-state index in [4.69, 9.17) is 9.47 Å². The van der Waals surface area contributed by atoms with Crippen molar-refractivity contribution in [1.29, 1.82) is 0 Å². The van der Waals surface area contributed by atoms with Gasteiger partial charge in [-0.2, -0.15) is 0 Å². The summed E-state index contributed by atoms with van der Waals surface area (Å²) in [5, 5.41) is 0. The number of piperazine rings is 1. The van der Waals surface area contributed by atoms with E-state index in [1.54, 1.807) is 15.9 Å². The number of rotatable bonds is 6. The second kappa shape index (κ2) is 10.3. The zero-order valence-electron chi connectivity index (χ0n) is 16.8. The molecule has 1 saturated heterocycles. The van der Waals surface area contributed by atoms with E-state index in [-0.39, 0.29) is 30.2 Å². The number of ether oxygens (including phenoxy) is 2. The van der Waals surface area contributed by atoms with E-state index in [1.165, 1.54) is 33.3 Å². The lowest BCUT2D eigenvalue weighted by molar-refractivity contribution is -0.139. The molecule has 0 saturated carbocycles. The SMILES string of the molecule is COc1cc(OC)cc(C(=O)NNC(=O)CCC(=O)N2CCN(C(C)=O)CC2)c1. The van der Waals surface area contributed by atoms with Gasteiger partial charge >= 0.3 is 0 Å². The molecule has 1 fully saturated rings. The van der Waals surface area contributed by atoms with Crippen LogP contribution in [0.4, 0.5) is 0 Å². The Kier molecular flexibility index (Phi) is 7.81. The molecule has 0 aromatic heterocycles. The van der Waals surface area contributed by atoms with E-state index in [2.05, 4.69) is 10.9 Å². The molecule has 2 N–H and O–H groups in total. The van der Waals surface area contributed by atoms with E-state index >= 15 is 0 Å². The molecule has 1 aliphatic heterocycles. The van der Waals surface area contributed by atoms with Gasteiger partial charge in [0.25, 0.3) is 5.91 Å². The predicted molar refractivity (Wildman–Crippen MR) is 103 cm³/mol. The van der Waals surface area contributed by atoms with Crippen LogP contribution in [0.1, 0.15) is 30.1 Å². The molecule has 0 aliphatic carbocycles. The van der Waals surface area contributed by atoms with Crippen LogP contribution in [0, 0.1) is 0 Å². The number of benzene rings is 1. The summed E-state index contributed by atoms with van der Waals surface area (Å²) in [5.74, 6) is -0.313. The highest BCUT2D eigenvalue weighted by Crippen LogP contribution is 2.22. The van der Waals surface area contributed by atoms with E-state index < -0.39 is 11.8 Å². The summed E-state index contributed by atoms with van der Waals surface area (Å²) in [5.41, 5.74) is 4.85. The topological polar surface area (TPSA) is 117 Å². The van der Waals surface area contributed by atoms with Gasteiger partial charge in [0.2, 0.25) is 17.7 Å². The van der Waals surface area contributed by atoms with Gasteiger partial charge in [-0.15, -0.1) is 0 Å². The number of methoxy groups -OCH3 is 2. The Labute approximate surface area is 169 Å². The van der Waals surface area contributed by atoms with Crippen LogP contribution in [0.25, 0.3) is 0 Å². The Bertz CT molecular complexity index is 752. The summed E-state index contributed by atoms with van der Waals surface area (Å²) in [6.45, 7) is 3.39. The van der Waals surface area contributed by atoms with Gasteiger partial charge < -0.3 is 19.3 Å². The maximum absolute atomic E-state index is 12.2. The van der Waals surface area contributed by atoms with Crippen LogP contribution in [-0.2, 0) is 14.4 Å². The van der Waals surface area contributed by atoms with Gasteiger partial charge in [0.1, 0.15) is 11.5 Å². The lowest BCUT2D eigenvalue weighted by atomic mass is 10.2. The third-order valence-electron chi connectivity index (χ3n) is 4.57. The van der Waals surface area contributed by atoms with Gasteiger partial charge in [0.05, 0.1) is 14.2 Å². The summed E-state index contributed by atoms with van der Waals surface area (Å²) in [6.07, 6.45) is -0.0395. The molecular formula is C19H26N4O6. The molecule has 1 aliphatic rings. The molecule has 0 radical (unpaired) electrons. The van der Waals surface area contributed by atoms with Crippen molar-refractivity contribution in [3.8, 4) is 11.5 Å². The summed E-state index contributed by atoms with van der Waals surface area (Å²) in [7, 11) is 2.93. The van der Waals surface area contributed by atoms with Crippen molar-refractivity contribution < 1.29 is 28.7 Å². The molecule has 1 aromatic carbocycles. The number of hydrogen-bond acceptors (Lipinski definition) is 6. The zero-order chi connectivity index (χ0) is 21.4. The van der Waals surface area contributed by atoms with Crippen LogP contribution >= 0.6 is 0 Å². The molecule has 0 unspecified atom stereocenters. The second-order valence-electron chi connectivity index (χ2n) is 6.49. The molecule has 4 amide bonds. The van der Waals surface area contributed by atoms with Gasteiger partial charge in [0.15, 0.2) is 0 Å². The summed E-state index contributed by atoms with van der Waals surface area (Å²) >= 11 is 0. The van der Waals surface area contributed by atoms with Crippen molar-refractivity contribution in [2.45, 2.75) is 19.8 Å². The van der Waals surface area contributed by atoms with Crippen LogP contribution in [-0.4, -0.2) is 73.8 Å². The minimum absolute atomic E-state index is 0.0131. The quantitative estimate of drug-likeness (QED) is 0.639. The van der Waals surface area contributed by atoms with Crippen LogP contribution in [0.15, 0.2) is 18.2 Å². The first-order valence-corrected chi connectivity index (χ1v) is 9.19. The molecule has 10 nitrogen and oxygen atoms in total. The Morgan fingerprint density at radius 2 is 1.41 bits per heavy atom. The minimum Gasteiger partial charge on any atom is -0.497 e. The van der Waals surface area contributed by atoms with Crippen LogP contribution < -0.4 is 20.3 Å². The first kappa shape index (κ1) is 22.0. The van der Waals surface area contributed by atoms with Crippen molar-refractivity contribution >= 4 is 23.6 Å². The molecule has 0 atom stereocenters. The number of carbonyl (C=O) groups is 4. The van der Waals surface area contributed by atoms with Crippen molar-refractivity contribution in [1.82, 2.24) is 20.7 Å². The fourth-order valence-electron chi connectivity index (χ4n) is 2.85. The second-order valence-corrected chi connectivity index (χ2v) is 6.49. The molecule has 2 rings (SSSR count). The number of hydrazine groups is 1. The van der Waals surface area contributed by atoms with E-state index in [1.807, 2.05) is 0 Å². The molecule has 158 valence electrons. The average Bonchev–Trinajstić information content (AvgIpc) is 2.75. The fraction of sp³-hybridized carbons (Fsp3) is 0.474. The highest BCUT2D eigenvalue weighted by atomic mass is 16.5. The van der Waals surface area contributed by atoms with E-state index in [9.17, 15) is 19.2 Å². The number of hydrogen-bond donors (Lipinski definition) is 2. The first-order valence-electron chi connectivity index (χ1n) is 9.19. The van der Waals surface area contributed by atoms with Gasteiger partial charge in [-0.3, -0.25) is 30.0 Å². The molecule has 0 bridgehead atoms. The van der Waals surface area contributed by atoms with Crippen LogP contribution in [0.2, 0.25) is 0 Å². The summed E-state index contributed by atoms with van der Waals surface area (Å²) in [6, 6.07) is 4.64. The van der Waals surface area contributed by atoms with Crippen LogP contribution in [0.3, 0.4) is 0 Å². The van der Waals surface area contributed by atoms with Crippen molar-refractivity contribution in [2.24, 2.45) is 0 Å². The molecule has 1 heterocycles. The highest BCUT2D eigenvalue weighted by Gasteiger charge is 2.22. The van der Waals surface area contributed by atoms with Crippen molar-refractivity contribution in [3.05, 3.63) is 23.8 Å². The number of carbonyl (C=O) groups excluding carboxylic acids is 4. The predicted octanol–water partition coefficient (Wildman–Crippen LogP) is -0.0643. The maximum atomic E-state index is 12.2. The standard InChI is InChI=1S/C19H26N4O6/c1-13(24)22-6-8-23(9-7-22)18(26)5-4-17(25)20-21-19(27)14-10-15(28-2)12-16(11-14)29-3/h10-12H,4-9H2,1-3H3,(H,20,25)(H,21,27). The molecule has 29 heavy (non-hydrogen) atoms. The maximum Gasteiger partial charge on any atom is 0.269 e.